The molecule has 1 fully saturated rings. The van der Waals surface area contributed by atoms with Crippen LogP contribution in [0.3, 0.4) is 0 Å². The van der Waals surface area contributed by atoms with Gasteiger partial charge in [-0.3, -0.25) is 0 Å². The molecule has 11 heteroatoms. The molecule has 1 saturated carbocycles. The third kappa shape index (κ3) is 5.31. The Morgan fingerprint density at radius 2 is 2.00 bits per heavy atom. The standard InChI is InChI=1S/C27H25BrFN3O5S/c1-15-25(27(33)36-2)31-26(37-15)20-13-22(18-4-3-5-19(28)12-18)32(23(20)11-16-6-7-16)14-17-8-9-24(21(29)10-17)38(30,34)35/h3-5,8-10,12-13,16H,6-7,11,14H2,1-2H3,(H2,30,34,35). The van der Waals surface area contributed by atoms with Crippen LogP contribution in [-0.2, 0) is 27.7 Å². The van der Waals surface area contributed by atoms with Gasteiger partial charge in [-0.05, 0) is 73.6 Å². The number of carbonyl (C=O) groups is 1. The van der Waals surface area contributed by atoms with E-state index in [1.54, 1.807) is 13.0 Å². The van der Waals surface area contributed by atoms with E-state index in [0.29, 0.717) is 23.1 Å². The van der Waals surface area contributed by atoms with Crippen LogP contribution in [0.2, 0.25) is 0 Å². The monoisotopic (exact) mass is 601 g/mol. The predicted molar refractivity (Wildman–Crippen MR) is 142 cm³/mol. The van der Waals surface area contributed by atoms with Crippen LogP contribution in [-0.4, -0.2) is 31.0 Å². The van der Waals surface area contributed by atoms with Gasteiger partial charge >= 0.3 is 5.97 Å². The molecular formula is C27H25BrFN3O5S. The van der Waals surface area contributed by atoms with E-state index < -0.39 is 26.7 Å². The lowest BCUT2D eigenvalue weighted by molar-refractivity contribution is 0.0593. The van der Waals surface area contributed by atoms with Crippen LogP contribution in [0.5, 0.6) is 0 Å². The Balaban J connectivity index is 1.69. The molecule has 2 N–H and O–H groups in total. The van der Waals surface area contributed by atoms with E-state index in [9.17, 15) is 17.6 Å². The zero-order valence-electron chi connectivity index (χ0n) is 20.7. The maximum Gasteiger partial charge on any atom is 0.360 e. The number of primary sulfonamides is 1. The quantitative estimate of drug-likeness (QED) is 0.268. The van der Waals surface area contributed by atoms with Crippen molar-refractivity contribution in [2.75, 3.05) is 7.11 Å². The molecular weight excluding hydrogens is 577 g/mol. The number of hydrogen-bond acceptors (Lipinski definition) is 6. The maximum atomic E-state index is 14.7. The highest BCUT2D eigenvalue weighted by molar-refractivity contribution is 9.10. The number of aromatic nitrogens is 2. The lowest BCUT2D eigenvalue weighted by Crippen LogP contribution is -2.14. The number of sulfonamides is 1. The molecule has 2 heterocycles. The molecule has 0 aliphatic heterocycles. The second kappa shape index (κ2) is 10.1. The third-order valence-corrected chi connectivity index (χ3v) is 7.99. The number of hydrogen-bond donors (Lipinski definition) is 1. The molecule has 4 aromatic rings. The highest BCUT2D eigenvalue weighted by Crippen LogP contribution is 2.40. The van der Waals surface area contributed by atoms with Crippen molar-refractivity contribution in [1.29, 1.82) is 0 Å². The molecule has 0 atom stereocenters. The highest BCUT2D eigenvalue weighted by atomic mass is 79.9. The van der Waals surface area contributed by atoms with Crippen LogP contribution in [0.25, 0.3) is 22.7 Å². The van der Waals surface area contributed by atoms with Gasteiger partial charge in [0.25, 0.3) is 0 Å². The number of oxazole rings is 1. The van der Waals surface area contributed by atoms with Crippen LogP contribution in [0, 0.1) is 18.7 Å². The fourth-order valence-electron chi connectivity index (χ4n) is 4.51. The topological polar surface area (TPSA) is 117 Å². The van der Waals surface area contributed by atoms with Crippen molar-refractivity contribution in [2.24, 2.45) is 11.1 Å². The average Bonchev–Trinajstić information content (AvgIpc) is 3.50. The van der Waals surface area contributed by atoms with E-state index in [1.165, 1.54) is 19.2 Å². The first-order chi connectivity index (χ1) is 18.0. The van der Waals surface area contributed by atoms with Gasteiger partial charge in [0.05, 0.1) is 12.7 Å². The van der Waals surface area contributed by atoms with Crippen LogP contribution in [0.15, 0.2) is 62.3 Å². The molecule has 38 heavy (non-hydrogen) atoms. The first-order valence-corrected chi connectivity index (χ1v) is 14.2. The Labute approximate surface area is 227 Å². The summed E-state index contributed by atoms with van der Waals surface area (Å²) in [5.41, 5.74) is 4.06. The molecule has 1 aliphatic carbocycles. The molecule has 5 rings (SSSR count). The van der Waals surface area contributed by atoms with Crippen molar-refractivity contribution in [3.63, 3.8) is 0 Å². The smallest absolute Gasteiger partial charge is 0.360 e. The van der Waals surface area contributed by atoms with Crippen LogP contribution in [0.1, 0.15) is 40.3 Å². The Morgan fingerprint density at radius 3 is 2.63 bits per heavy atom. The fourth-order valence-corrected chi connectivity index (χ4v) is 5.50. The minimum atomic E-state index is -4.18. The Morgan fingerprint density at radius 1 is 1.24 bits per heavy atom. The third-order valence-electron chi connectivity index (χ3n) is 6.56. The van der Waals surface area contributed by atoms with Crippen LogP contribution < -0.4 is 5.14 Å². The van der Waals surface area contributed by atoms with Crippen molar-refractivity contribution in [1.82, 2.24) is 9.55 Å². The summed E-state index contributed by atoms with van der Waals surface area (Å²) in [6.07, 6.45) is 2.91. The number of halogens is 2. The number of nitrogens with zero attached hydrogens (tertiary/aromatic N) is 2. The summed E-state index contributed by atoms with van der Waals surface area (Å²) in [6, 6.07) is 13.7. The summed E-state index contributed by atoms with van der Waals surface area (Å²) < 4.78 is 51.9. The van der Waals surface area contributed by atoms with Crippen molar-refractivity contribution >= 4 is 31.9 Å². The average molecular weight is 602 g/mol. The zero-order chi connectivity index (χ0) is 27.2. The minimum absolute atomic E-state index is 0.109. The van der Waals surface area contributed by atoms with Crippen molar-refractivity contribution in [2.45, 2.75) is 37.6 Å². The number of esters is 1. The first-order valence-electron chi connectivity index (χ1n) is 11.9. The van der Waals surface area contributed by atoms with Gasteiger partial charge in [-0.25, -0.2) is 27.7 Å². The van der Waals surface area contributed by atoms with Gasteiger partial charge in [0.1, 0.15) is 16.5 Å². The number of aryl methyl sites for hydroxylation is 1. The van der Waals surface area contributed by atoms with Crippen LogP contribution >= 0.6 is 15.9 Å². The number of ether oxygens (including phenoxy) is 1. The van der Waals surface area contributed by atoms with Crippen molar-refractivity contribution in [3.8, 4) is 22.7 Å². The zero-order valence-corrected chi connectivity index (χ0v) is 23.1. The van der Waals surface area contributed by atoms with Gasteiger partial charge in [0.15, 0.2) is 5.69 Å². The number of nitrogens with two attached hydrogens (primary N) is 1. The Hall–Kier alpha value is -3.28. The second-order valence-electron chi connectivity index (χ2n) is 9.36. The van der Waals surface area contributed by atoms with E-state index in [-0.39, 0.29) is 12.2 Å². The second-order valence-corrected chi connectivity index (χ2v) is 11.8. The summed E-state index contributed by atoms with van der Waals surface area (Å²) in [7, 11) is -2.89. The van der Waals surface area contributed by atoms with Gasteiger partial charge in [0.2, 0.25) is 15.9 Å². The molecule has 0 radical (unpaired) electrons. The van der Waals surface area contributed by atoms with Gasteiger partial charge in [-0.1, -0.05) is 34.1 Å². The van der Waals surface area contributed by atoms with E-state index in [4.69, 9.17) is 14.3 Å². The summed E-state index contributed by atoms with van der Waals surface area (Å²) in [6.45, 7) is 1.92. The summed E-state index contributed by atoms with van der Waals surface area (Å²) in [4.78, 5) is 16.1. The summed E-state index contributed by atoms with van der Waals surface area (Å²) >= 11 is 3.53. The number of rotatable bonds is 8. The SMILES string of the molecule is COC(=O)c1nc(-c2cc(-c3cccc(Br)c3)n(Cc3ccc(S(N)(=O)=O)c(F)c3)c2CC2CC2)oc1C. The minimum Gasteiger partial charge on any atom is -0.464 e. The number of carbonyl (C=O) groups excluding carboxylic acids is 1. The van der Waals surface area contributed by atoms with Crippen molar-refractivity contribution < 1.29 is 26.8 Å². The predicted octanol–water partition coefficient (Wildman–Crippen LogP) is 5.45. The maximum absolute atomic E-state index is 14.7. The van der Waals surface area contributed by atoms with E-state index in [0.717, 1.165) is 46.2 Å². The van der Waals surface area contributed by atoms with Gasteiger partial charge < -0.3 is 13.7 Å². The van der Waals surface area contributed by atoms with Gasteiger partial charge in [0, 0.05) is 22.4 Å². The molecule has 1 aliphatic rings. The van der Waals surface area contributed by atoms with Crippen LogP contribution in [0.4, 0.5) is 4.39 Å². The summed E-state index contributed by atoms with van der Waals surface area (Å²) in [5, 5.41) is 5.15. The van der Waals surface area contributed by atoms with E-state index in [2.05, 4.69) is 25.5 Å². The van der Waals surface area contributed by atoms with E-state index >= 15 is 0 Å². The molecule has 0 amide bonds. The van der Waals surface area contributed by atoms with E-state index in [1.807, 2.05) is 30.3 Å². The molecule has 2 aromatic heterocycles. The molecule has 198 valence electrons. The summed E-state index contributed by atoms with van der Waals surface area (Å²) in [5.74, 6) is -0.365. The first kappa shape index (κ1) is 26.3. The lowest BCUT2D eigenvalue weighted by atomic mass is 10.1. The van der Waals surface area contributed by atoms with Gasteiger partial charge in [-0.15, -0.1) is 0 Å². The molecule has 0 saturated heterocycles. The van der Waals surface area contributed by atoms with Crippen molar-refractivity contribution in [3.05, 3.63) is 81.5 Å². The van der Waals surface area contributed by atoms with Gasteiger partial charge in [-0.2, -0.15) is 0 Å². The highest BCUT2D eigenvalue weighted by Gasteiger charge is 2.30. The molecule has 0 spiro atoms. The Kier molecular flexibility index (Phi) is 7.01. The molecule has 0 bridgehead atoms. The Bertz CT molecular complexity index is 1660. The number of benzene rings is 2. The number of methoxy groups -OCH3 is 1. The molecule has 8 nitrogen and oxygen atoms in total. The lowest BCUT2D eigenvalue weighted by Gasteiger charge is -2.15. The molecule has 0 unspecified atom stereocenters. The molecule has 2 aromatic carbocycles. The normalized spacial score (nSPS) is 13.6. The fraction of sp³-hybridized carbons (Fsp3) is 0.259. The largest absolute Gasteiger partial charge is 0.464 e.